The SMILES string of the molecule is COC(=O)c1cccc(-c2ncc(OCC3CCC(C(=O)OC(C)(C)C)CC3)cn2)c1. The van der Waals surface area contributed by atoms with Crippen LogP contribution in [0.4, 0.5) is 0 Å². The monoisotopic (exact) mass is 426 g/mol. The largest absolute Gasteiger partial charge is 0.490 e. The second kappa shape index (κ2) is 9.90. The number of hydrogen-bond acceptors (Lipinski definition) is 7. The highest BCUT2D eigenvalue weighted by atomic mass is 16.6. The molecule has 0 atom stereocenters. The number of carbonyl (C=O) groups excluding carboxylic acids is 2. The van der Waals surface area contributed by atoms with E-state index in [1.54, 1.807) is 30.6 Å². The summed E-state index contributed by atoms with van der Waals surface area (Å²) in [5.74, 6) is 1.00. The zero-order valence-electron chi connectivity index (χ0n) is 18.6. The van der Waals surface area contributed by atoms with Gasteiger partial charge in [0.25, 0.3) is 0 Å². The molecule has 7 heteroatoms. The molecule has 31 heavy (non-hydrogen) atoms. The molecule has 1 aliphatic carbocycles. The molecule has 1 fully saturated rings. The highest BCUT2D eigenvalue weighted by molar-refractivity contribution is 5.90. The molecule has 1 heterocycles. The van der Waals surface area contributed by atoms with Crippen molar-refractivity contribution in [2.45, 2.75) is 52.1 Å². The summed E-state index contributed by atoms with van der Waals surface area (Å²) in [6.45, 7) is 6.26. The van der Waals surface area contributed by atoms with Crippen molar-refractivity contribution in [3.8, 4) is 17.1 Å². The minimum Gasteiger partial charge on any atom is -0.490 e. The summed E-state index contributed by atoms with van der Waals surface area (Å²) in [4.78, 5) is 32.6. The summed E-state index contributed by atoms with van der Waals surface area (Å²) in [5.41, 5.74) is 0.741. The van der Waals surface area contributed by atoms with Crippen LogP contribution in [0.3, 0.4) is 0 Å². The Hall–Kier alpha value is -2.96. The molecule has 0 N–H and O–H groups in total. The summed E-state index contributed by atoms with van der Waals surface area (Å²) in [7, 11) is 1.35. The lowest BCUT2D eigenvalue weighted by atomic mass is 9.82. The maximum atomic E-state index is 12.2. The van der Waals surface area contributed by atoms with Crippen LogP contribution in [0.1, 0.15) is 56.8 Å². The maximum absolute atomic E-state index is 12.2. The molecule has 0 spiro atoms. The average molecular weight is 427 g/mol. The Morgan fingerprint density at radius 3 is 2.35 bits per heavy atom. The first-order chi connectivity index (χ1) is 14.7. The van der Waals surface area contributed by atoms with E-state index in [-0.39, 0.29) is 11.9 Å². The van der Waals surface area contributed by atoms with Crippen LogP contribution in [0.15, 0.2) is 36.7 Å². The van der Waals surface area contributed by atoms with Crippen molar-refractivity contribution in [2.75, 3.05) is 13.7 Å². The van der Waals surface area contributed by atoms with Gasteiger partial charge in [0, 0.05) is 5.56 Å². The summed E-state index contributed by atoms with van der Waals surface area (Å²) in [5, 5.41) is 0. The first kappa shape index (κ1) is 22.7. The van der Waals surface area contributed by atoms with Gasteiger partial charge in [-0.2, -0.15) is 0 Å². The fraction of sp³-hybridized carbons (Fsp3) is 0.500. The Kier molecular flexibility index (Phi) is 7.25. The molecule has 1 aromatic heterocycles. The molecule has 166 valence electrons. The number of esters is 2. The van der Waals surface area contributed by atoms with Gasteiger partial charge in [-0.05, 0) is 64.5 Å². The predicted octanol–water partition coefficient (Wildman–Crippen LogP) is 4.46. The summed E-state index contributed by atoms with van der Waals surface area (Å²) < 4.78 is 16.1. The van der Waals surface area contributed by atoms with Crippen molar-refractivity contribution in [3.63, 3.8) is 0 Å². The zero-order chi connectivity index (χ0) is 22.4. The number of nitrogens with zero attached hydrogens (tertiary/aromatic N) is 2. The summed E-state index contributed by atoms with van der Waals surface area (Å²) in [6.07, 6.45) is 6.80. The molecule has 7 nitrogen and oxygen atoms in total. The molecule has 1 aromatic carbocycles. The number of hydrogen-bond donors (Lipinski definition) is 0. The smallest absolute Gasteiger partial charge is 0.337 e. The lowest BCUT2D eigenvalue weighted by Crippen LogP contribution is -2.31. The van der Waals surface area contributed by atoms with Gasteiger partial charge in [0.1, 0.15) is 5.60 Å². The quantitative estimate of drug-likeness (QED) is 0.630. The third-order valence-corrected chi connectivity index (χ3v) is 5.24. The van der Waals surface area contributed by atoms with Gasteiger partial charge in [0.15, 0.2) is 11.6 Å². The van der Waals surface area contributed by atoms with Gasteiger partial charge < -0.3 is 14.2 Å². The molecular weight excluding hydrogens is 396 g/mol. The molecule has 0 saturated heterocycles. The average Bonchev–Trinajstić information content (AvgIpc) is 2.77. The Labute approximate surface area is 183 Å². The van der Waals surface area contributed by atoms with Gasteiger partial charge in [-0.25, -0.2) is 14.8 Å². The zero-order valence-corrected chi connectivity index (χ0v) is 18.6. The van der Waals surface area contributed by atoms with E-state index >= 15 is 0 Å². The van der Waals surface area contributed by atoms with E-state index in [1.807, 2.05) is 26.8 Å². The second-order valence-corrected chi connectivity index (χ2v) is 8.88. The number of benzene rings is 1. The van der Waals surface area contributed by atoms with E-state index in [4.69, 9.17) is 14.2 Å². The number of rotatable bonds is 6. The maximum Gasteiger partial charge on any atom is 0.337 e. The van der Waals surface area contributed by atoms with Crippen LogP contribution in [-0.2, 0) is 14.3 Å². The van der Waals surface area contributed by atoms with Gasteiger partial charge in [-0.1, -0.05) is 12.1 Å². The molecular formula is C24H30N2O5. The van der Waals surface area contributed by atoms with E-state index < -0.39 is 11.6 Å². The van der Waals surface area contributed by atoms with Crippen LogP contribution in [0, 0.1) is 11.8 Å². The highest BCUT2D eigenvalue weighted by Crippen LogP contribution is 2.31. The summed E-state index contributed by atoms with van der Waals surface area (Å²) in [6, 6.07) is 6.99. The Morgan fingerprint density at radius 1 is 1.06 bits per heavy atom. The molecule has 0 aliphatic heterocycles. The van der Waals surface area contributed by atoms with Crippen LogP contribution in [-0.4, -0.2) is 41.2 Å². The number of methoxy groups -OCH3 is 1. The van der Waals surface area contributed by atoms with Gasteiger partial charge in [0.2, 0.25) is 0 Å². The fourth-order valence-electron chi connectivity index (χ4n) is 3.61. The number of aromatic nitrogens is 2. The van der Waals surface area contributed by atoms with Crippen LogP contribution in [0.5, 0.6) is 5.75 Å². The highest BCUT2D eigenvalue weighted by Gasteiger charge is 2.30. The molecule has 1 aliphatic rings. The predicted molar refractivity (Wildman–Crippen MR) is 116 cm³/mol. The van der Waals surface area contributed by atoms with Crippen LogP contribution in [0.25, 0.3) is 11.4 Å². The van der Waals surface area contributed by atoms with E-state index in [2.05, 4.69) is 9.97 Å². The third-order valence-electron chi connectivity index (χ3n) is 5.24. The van der Waals surface area contributed by atoms with E-state index in [1.165, 1.54) is 7.11 Å². The second-order valence-electron chi connectivity index (χ2n) is 8.88. The van der Waals surface area contributed by atoms with Crippen LogP contribution >= 0.6 is 0 Å². The molecule has 0 amide bonds. The van der Waals surface area contributed by atoms with Gasteiger partial charge >= 0.3 is 11.9 Å². The standard InChI is InChI=1S/C24H30N2O5/c1-24(2,3)31-23(28)17-10-8-16(9-11-17)15-30-20-13-25-21(26-14-20)18-6-5-7-19(12-18)22(27)29-4/h5-7,12-14,16-17H,8-11,15H2,1-4H3. The van der Waals surface area contributed by atoms with Crippen LogP contribution < -0.4 is 4.74 Å². The van der Waals surface area contributed by atoms with Gasteiger partial charge in [-0.15, -0.1) is 0 Å². The van der Waals surface area contributed by atoms with E-state index in [0.29, 0.717) is 29.7 Å². The number of ether oxygens (including phenoxy) is 3. The first-order valence-corrected chi connectivity index (χ1v) is 10.6. The van der Waals surface area contributed by atoms with Crippen molar-refractivity contribution in [1.82, 2.24) is 9.97 Å². The van der Waals surface area contributed by atoms with Gasteiger partial charge in [-0.3, -0.25) is 4.79 Å². The Morgan fingerprint density at radius 2 is 1.74 bits per heavy atom. The molecule has 0 bridgehead atoms. The fourth-order valence-corrected chi connectivity index (χ4v) is 3.61. The Balaban J connectivity index is 1.49. The third kappa shape index (κ3) is 6.51. The first-order valence-electron chi connectivity index (χ1n) is 10.6. The molecule has 1 saturated carbocycles. The summed E-state index contributed by atoms with van der Waals surface area (Å²) >= 11 is 0. The lowest BCUT2D eigenvalue weighted by Gasteiger charge is -2.29. The molecule has 0 unspecified atom stereocenters. The van der Waals surface area contributed by atoms with E-state index in [9.17, 15) is 9.59 Å². The molecule has 3 rings (SSSR count). The van der Waals surface area contributed by atoms with Crippen molar-refractivity contribution in [1.29, 1.82) is 0 Å². The van der Waals surface area contributed by atoms with Crippen molar-refractivity contribution < 1.29 is 23.8 Å². The topological polar surface area (TPSA) is 87.6 Å². The number of carbonyl (C=O) groups is 2. The normalized spacial score (nSPS) is 18.8. The minimum absolute atomic E-state index is 0.0150. The van der Waals surface area contributed by atoms with Gasteiger partial charge in [0.05, 0.1) is 37.6 Å². The van der Waals surface area contributed by atoms with Crippen molar-refractivity contribution in [2.24, 2.45) is 11.8 Å². The van der Waals surface area contributed by atoms with Crippen molar-refractivity contribution >= 4 is 11.9 Å². The lowest BCUT2D eigenvalue weighted by molar-refractivity contribution is -0.161. The van der Waals surface area contributed by atoms with Crippen molar-refractivity contribution in [3.05, 3.63) is 42.2 Å². The molecule has 2 aromatic rings. The van der Waals surface area contributed by atoms with E-state index in [0.717, 1.165) is 31.2 Å². The minimum atomic E-state index is -0.441. The molecule has 0 radical (unpaired) electrons. The van der Waals surface area contributed by atoms with Crippen LogP contribution in [0.2, 0.25) is 0 Å². The Bertz CT molecular complexity index is 897.